The number of alkyl carbamates (subject to hydrolysis) is 1. The summed E-state index contributed by atoms with van der Waals surface area (Å²) in [5.74, 6) is 1.62. The van der Waals surface area contributed by atoms with Crippen LogP contribution in [-0.4, -0.2) is 63.0 Å². The first-order valence-corrected chi connectivity index (χ1v) is 8.64. The van der Waals surface area contributed by atoms with Crippen LogP contribution in [0.4, 0.5) is 4.79 Å². The SMILES string of the molecule is CCNC(=NCc1nncn1C)N1CCC(NC(=O)OC(C)(C)C)C1. The van der Waals surface area contributed by atoms with Gasteiger partial charge in [-0.25, -0.2) is 9.79 Å². The van der Waals surface area contributed by atoms with Gasteiger partial charge < -0.3 is 24.8 Å². The van der Waals surface area contributed by atoms with Crippen molar-refractivity contribution in [1.29, 1.82) is 0 Å². The second-order valence-corrected chi connectivity index (χ2v) is 7.11. The maximum atomic E-state index is 11.9. The average molecular weight is 351 g/mol. The molecule has 9 heteroatoms. The molecule has 0 spiro atoms. The number of likely N-dealkylation sites (tertiary alicyclic amines) is 1. The Labute approximate surface area is 148 Å². The fraction of sp³-hybridized carbons (Fsp3) is 0.750. The topological polar surface area (TPSA) is 96.7 Å². The Bertz CT molecular complexity index is 606. The Morgan fingerprint density at radius 1 is 1.48 bits per heavy atom. The van der Waals surface area contributed by atoms with E-state index in [2.05, 4.69) is 30.7 Å². The predicted octanol–water partition coefficient (Wildman–Crippen LogP) is 0.880. The van der Waals surface area contributed by atoms with Crippen molar-refractivity contribution in [2.75, 3.05) is 19.6 Å². The second-order valence-electron chi connectivity index (χ2n) is 7.11. The summed E-state index contributed by atoms with van der Waals surface area (Å²) >= 11 is 0. The largest absolute Gasteiger partial charge is 0.444 e. The van der Waals surface area contributed by atoms with E-state index in [-0.39, 0.29) is 12.1 Å². The predicted molar refractivity (Wildman–Crippen MR) is 95.2 cm³/mol. The number of rotatable bonds is 4. The lowest BCUT2D eigenvalue weighted by Gasteiger charge is -2.23. The molecule has 1 amide bonds. The zero-order valence-corrected chi connectivity index (χ0v) is 15.7. The van der Waals surface area contributed by atoms with Gasteiger partial charge in [0.05, 0.1) is 6.04 Å². The Morgan fingerprint density at radius 3 is 2.84 bits per heavy atom. The van der Waals surface area contributed by atoms with E-state index in [1.54, 1.807) is 6.33 Å². The van der Waals surface area contributed by atoms with E-state index in [1.807, 2.05) is 39.3 Å². The highest BCUT2D eigenvalue weighted by Crippen LogP contribution is 2.12. The van der Waals surface area contributed by atoms with Crippen LogP contribution in [0.1, 0.15) is 39.9 Å². The van der Waals surface area contributed by atoms with Gasteiger partial charge in [-0.05, 0) is 34.1 Å². The number of aromatic nitrogens is 3. The van der Waals surface area contributed by atoms with Crippen molar-refractivity contribution in [3.63, 3.8) is 0 Å². The molecular formula is C16H29N7O2. The number of hydrogen-bond acceptors (Lipinski definition) is 5. The molecule has 2 N–H and O–H groups in total. The lowest BCUT2D eigenvalue weighted by molar-refractivity contribution is 0.0507. The molecule has 0 saturated carbocycles. The van der Waals surface area contributed by atoms with Crippen LogP contribution in [0.15, 0.2) is 11.3 Å². The third-order valence-corrected chi connectivity index (χ3v) is 3.72. The molecule has 0 aromatic carbocycles. The van der Waals surface area contributed by atoms with Gasteiger partial charge in [-0.2, -0.15) is 0 Å². The minimum absolute atomic E-state index is 0.0496. The van der Waals surface area contributed by atoms with Crippen LogP contribution in [0, 0.1) is 0 Å². The van der Waals surface area contributed by atoms with E-state index in [1.165, 1.54) is 0 Å². The molecule has 1 aromatic rings. The summed E-state index contributed by atoms with van der Waals surface area (Å²) in [5.41, 5.74) is -0.491. The summed E-state index contributed by atoms with van der Waals surface area (Å²) in [6.07, 6.45) is 2.14. The highest BCUT2D eigenvalue weighted by atomic mass is 16.6. The van der Waals surface area contributed by atoms with Gasteiger partial charge in [0, 0.05) is 26.7 Å². The maximum absolute atomic E-state index is 11.9. The first-order chi connectivity index (χ1) is 11.8. The van der Waals surface area contributed by atoms with E-state index in [0.29, 0.717) is 13.1 Å². The molecule has 0 bridgehead atoms. The van der Waals surface area contributed by atoms with Gasteiger partial charge in [-0.15, -0.1) is 10.2 Å². The molecule has 1 aliphatic heterocycles. The number of carbonyl (C=O) groups excluding carboxylic acids is 1. The monoisotopic (exact) mass is 351 g/mol. The van der Waals surface area contributed by atoms with E-state index >= 15 is 0 Å². The number of hydrogen-bond donors (Lipinski definition) is 2. The molecule has 1 aliphatic rings. The van der Waals surface area contributed by atoms with Gasteiger partial charge in [-0.1, -0.05) is 0 Å². The summed E-state index contributed by atoms with van der Waals surface area (Å²) < 4.78 is 7.17. The first kappa shape index (κ1) is 19.0. The quantitative estimate of drug-likeness (QED) is 0.617. The van der Waals surface area contributed by atoms with Gasteiger partial charge in [0.25, 0.3) is 0 Å². The maximum Gasteiger partial charge on any atom is 0.407 e. The third-order valence-electron chi connectivity index (χ3n) is 3.72. The summed E-state index contributed by atoms with van der Waals surface area (Å²) in [7, 11) is 1.90. The van der Waals surface area contributed by atoms with Gasteiger partial charge in [-0.3, -0.25) is 0 Å². The van der Waals surface area contributed by atoms with Gasteiger partial charge in [0.15, 0.2) is 11.8 Å². The number of ether oxygens (including phenoxy) is 1. The number of carbonyl (C=O) groups is 1. The molecule has 0 radical (unpaired) electrons. The van der Waals surface area contributed by atoms with E-state index < -0.39 is 5.60 Å². The average Bonchev–Trinajstić information content (AvgIpc) is 3.11. The molecule has 1 atom stereocenters. The number of nitrogens with zero attached hydrogens (tertiary/aromatic N) is 5. The van der Waals surface area contributed by atoms with Crippen molar-refractivity contribution in [2.45, 2.75) is 52.3 Å². The zero-order chi connectivity index (χ0) is 18.4. The van der Waals surface area contributed by atoms with Crippen LogP contribution in [0.25, 0.3) is 0 Å². The van der Waals surface area contributed by atoms with Crippen LogP contribution in [-0.2, 0) is 18.3 Å². The zero-order valence-electron chi connectivity index (χ0n) is 15.7. The van der Waals surface area contributed by atoms with Crippen LogP contribution in [0.2, 0.25) is 0 Å². The Morgan fingerprint density at radius 2 is 2.24 bits per heavy atom. The van der Waals surface area contributed by atoms with Gasteiger partial charge in [0.1, 0.15) is 18.5 Å². The van der Waals surface area contributed by atoms with E-state index in [9.17, 15) is 4.79 Å². The second kappa shape index (κ2) is 8.17. The molecule has 2 rings (SSSR count). The molecule has 1 saturated heterocycles. The van der Waals surface area contributed by atoms with Crippen LogP contribution >= 0.6 is 0 Å². The van der Waals surface area contributed by atoms with Crippen LogP contribution < -0.4 is 10.6 Å². The Balaban J connectivity index is 1.92. The minimum atomic E-state index is -0.491. The standard InChI is InChI=1S/C16H29N7O2/c1-6-17-14(18-9-13-21-19-11-22(13)5)23-8-7-12(10-23)20-15(24)25-16(2,3)4/h11-12H,6-10H2,1-5H3,(H,17,18)(H,20,24). The summed E-state index contributed by atoms with van der Waals surface area (Å²) in [6.45, 7) is 10.4. The van der Waals surface area contributed by atoms with Crippen molar-refractivity contribution in [3.05, 3.63) is 12.2 Å². The highest BCUT2D eigenvalue weighted by Gasteiger charge is 2.27. The molecule has 1 aromatic heterocycles. The highest BCUT2D eigenvalue weighted by molar-refractivity contribution is 5.80. The molecular weight excluding hydrogens is 322 g/mol. The van der Waals surface area contributed by atoms with Gasteiger partial charge in [0.2, 0.25) is 0 Å². The number of aliphatic imine (C=N–C) groups is 1. The summed E-state index contributed by atoms with van der Waals surface area (Å²) in [5, 5.41) is 14.1. The molecule has 140 valence electrons. The van der Waals surface area contributed by atoms with Crippen LogP contribution in [0.5, 0.6) is 0 Å². The van der Waals surface area contributed by atoms with Gasteiger partial charge >= 0.3 is 6.09 Å². The third kappa shape index (κ3) is 5.91. The fourth-order valence-electron chi connectivity index (χ4n) is 2.57. The molecule has 9 nitrogen and oxygen atoms in total. The lowest BCUT2D eigenvalue weighted by Crippen LogP contribution is -2.44. The number of nitrogens with one attached hydrogen (secondary N) is 2. The summed E-state index contributed by atoms with van der Waals surface area (Å²) in [4.78, 5) is 18.7. The molecule has 1 fully saturated rings. The van der Waals surface area contributed by atoms with Crippen molar-refractivity contribution in [3.8, 4) is 0 Å². The first-order valence-electron chi connectivity index (χ1n) is 8.64. The normalized spacial score (nSPS) is 18.4. The molecule has 2 heterocycles. The van der Waals surface area contributed by atoms with Crippen molar-refractivity contribution < 1.29 is 9.53 Å². The summed E-state index contributed by atoms with van der Waals surface area (Å²) in [6, 6.07) is 0.0496. The molecule has 1 unspecified atom stereocenters. The Hall–Kier alpha value is -2.32. The fourth-order valence-corrected chi connectivity index (χ4v) is 2.57. The lowest BCUT2D eigenvalue weighted by atomic mass is 10.2. The van der Waals surface area contributed by atoms with Crippen molar-refractivity contribution in [2.24, 2.45) is 12.0 Å². The smallest absolute Gasteiger partial charge is 0.407 e. The van der Waals surface area contributed by atoms with Crippen LogP contribution in [0.3, 0.4) is 0 Å². The number of guanidine groups is 1. The Kier molecular flexibility index (Phi) is 6.22. The van der Waals surface area contributed by atoms with Crippen molar-refractivity contribution >= 4 is 12.1 Å². The molecule has 0 aliphatic carbocycles. The van der Waals surface area contributed by atoms with E-state index in [4.69, 9.17) is 4.74 Å². The number of aryl methyl sites for hydroxylation is 1. The number of amides is 1. The van der Waals surface area contributed by atoms with Crippen molar-refractivity contribution in [1.82, 2.24) is 30.3 Å². The van der Waals surface area contributed by atoms with E-state index in [0.717, 1.165) is 31.3 Å². The molecule has 25 heavy (non-hydrogen) atoms. The minimum Gasteiger partial charge on any atom is -0.444 e.